The average molecular weight is 388 g/mol. The Morgan fingerprint density at radius 3 is 2.39 bits per heavy atom. The van der Waals surface area contributed by atoms with E-state index in [1.807, 2.05) is 0 Å². The molecule has 0 aromatic heterocycles. The largest absolute Gasteiger partial charge is 0.496 e. The predicted molar refractivity (Wildman–Crippen MR) is 101 cm³/mol. The van der Waals surface area contributed by atoms with E-state index < -0.39 is 24.1 Å². The van der Waals surface area contributed by atoms with Crippen molar-refractivity contribution in [3.63, 3.8) is 0 Å². The summed E-state index contributed by atoms with van der Waals surface area (Å²) in [6.07, 6.45) is 0.112. The Kier molecular flexibility index (Phi) is 6.62. The van der Waals surface area contributed by atoms with Gasteiger partial charge in [-0.3, -0.25) is 9.59 Å². The first-order valence-electron chi connectivity index (χ1n) is 8.74. The molecule has 2 rings (SSSR count). The topological polar surface area (TPSA) is 88.1 Å². The molecule has 0 aliphatic carbocycles. The molecule has 1 heterocycles. The van der Waals surface area contributed by atoms with Crippen LogP contribution in [0.3, 0.4) is 0 Å². The zero-order valence-corrected chi connectivity index (χ0v) is 16.7. The lowest BCUT2D eigenvalue weighted by Crippen LogP contribution is -2.26. The number of ketones is 1. The van der Waals surface area contributed by atoms with Gasteiger partial charge in [-0.05, 0) is 32.4 Å². The molecule has 1 aliphatic rings. The molecule has 7 heteroatoms. The number of benzene rings is 1. The second-order valence-electron chi connectivity index (χ2n) is 6.45. The summed E-state index contributed by atoms with van der Waals surface area (Å²) in [6, 6.07) is 3.21. The van der Waals surface area contributed by atoms with Crippen LogP contribution in [0.5, 0.6) is 11.5 Å². The molecule has 0 unspecified atom stereocenters. The van der Waals surface area contributed by atoms with Crippen LogP contribution in [-0.4, -0.2) is 37.5 Å². The van der Waals surface area contributed by atoms with E-state index >= 15 is 0 Å². The van der Waals surface area contributed by atoms with E-state index in [0.717, 1.165) is 0 Å². The van der Waals surface area contributed by atoms with Crippen molar-refractivity contribution in [1.82, 2.24) is 0 Å². The van der Waals surface area contributed by atoms with E-state index in [1.165, 1.54) is 27.0 Å². The molecule has 1 aromatic carbocycles. The number of hydrogen-bond acceptors (Lipinski definition) is 7. The molecule has 0 N–H and O–H groups in total. The van der Waals surface area contributed by atoms with E-state index in [9.17, 15) is 14.4 Å². The van der Waals surface area contributed by atoms with Crippen molar-refractivity contribution < 1.29 is 33.3 Å². The van der Waals surface area contributed by atoms with Gasteiger partial charge in [-0.2, -0.15) is 0 Å². The van der Waals surface area contributed by atoms with Crippen LogP contribution in [0, 0.1) is 0 Å². The van der Waals surface area contributed by atoms with Gasteiger partial charge in [0, 0.05) is 18.6 Å². The predicted octanol–water partition coefficient (Wildman–Crippen LogP) is 3.33. The van der Waals surface area contributed by atoms with Gasteiger partial charge < -0.3 is 18.9 Å². The smallest absolute Gasteiger partial charge is 0.337 e. The minimum absolute atomic E-state index is 0.187. The van der Waals surface area contributed by atoms with E-state index in [4.69, 9.17) is 18.9 Å². The number of ether oxygens (including phenoxy) is 4. The molecule has 1 aromatic rings. The molecule has 7 nitrogen and oxygen atoms in total. The molecule has 2 atom stereocenters. The fraction of sp³-hybridized carbons (Fsp3) is 0.381. The summed E-state index contributed by atoms with van der Waals surface area (Å²) >= 11 is 0. The lowest BCUT2D eigenvalue weighted by atomic mass is 9.98. The number of allylic oxidation sites excluding steroid dienone is 1. The quantitative estimate of drug-likeness (QED) is 0.306. The van der Waals surface area contributed by atoms with Crippen molar-refractivity contribution in [3.8, 4) is 11.5 Å². The molecule has 1 aliphatic heterocycles. The zero-order chi connectivity index (χ0) is 21.0. The van der Waals surface area contributed by atoms with Gasteiger partial charge in [0.15, 0.2) is 18.0 Å². The van der Waals surface area contributed by atoms with Crippen LogP contribution in [0.15, 0.2) is 35.9 Å². The molecule has 28 heavy (non-hydrogen) atoms. The summed E-state index contributed by atoms with van der Waals surface area (Å²) in [7, 11) is 1.46. The summed E-state index contributed by atoms with van der Waals surface area (Å²) < 4.78 is 21.7. The van der Waals surface area contributed by atoms with E-state index in [0.29, 0.717) is 28.2 Å². The van der Waals surface area contributed by atoms with Gasteiger partial charge in [0.2, 0.25) is 0 Å². The Bertz CT molecular complexity index is 851. The van der Waals surface area contributed by atoms with Crippen LogP contribution in [-0.2, 0) is 19.1 Å². The normalized spacial score (nSPS) is 18.0. The van der Waals surface area contributed by atoms with Crippen LogP contribution in [0.4, 0.5) is 0 Å². The fourth-order valence-corrected chi connectivity index (χ4v) is 2.82. The molecule has 0 amide bonds. The first-order chi connectivity index (χ1) is 13.2. The monoisotopic (exact) mass is 388 g/mol. The maximum absolute atomic E-state index is 12.6. The first-order valence-corrected chi connectivity index (χ1v) is 8.74. The van der Waals surface area contributed by atoms with E-state index in [1.54, 1.807) is 26.0 Å². The van der Waals surface area contributed by atoms with Crippen molar-refractivity contribution in [2.24, 2.45) is 0 Å². The number of fused-ring (bicyclic) bond motifs is 1. The van der Waals surface area contributed by atoms with Crippen LogP contribution in [0.1, 0.15) is 49.7 Å². The summed E-state index contributed by atoms with van der Waals surface area (Å²) in [4.78, 5) is 35.6. The minimum atomic E-state index is -0.795. The number of carbonyl (C=O) groups excluding carboxylic acids is 3. The molecule has 0 saturated carbocycles. The maximum atomic E-state index is 12.6. The highest BCUT2D eigenvalue weighted by Gasteiger charge is 2.39. The molecule has 0 spiro atoms. The summed E-state index contributed by atoms with van der Waals surface area (Å²) in [5, 5.41) is 0. The third-order valence-corrected chi connectivity index (χ3v) is 4.31. The molecule has 0 saturated heterocycles. The van der Waals surface area contributed by atoms with Crippen LogP contribution in [0.25, 0.3) is 0 Å². The van der Waals surface area contributed by atoms with Gasteiger partial charge in [0.05, 0.1) is 18.2 Å². The Morgan fingerprint density at radius 1 is 1.21 bits per heavy atom. The van der Waals surface area contributed by atoms with E-state index in [2.05, 4.69) is 6.58 Å². The van der Waals surface area contributed by atoms with Gasteiger partial charge >= 0.3 is 11.9 Å². The molecule has 0 bridgehead atoms. The van der Waals surface area contributed by atoms with Crippen LogP contribution < -0.4 is 9.47 Å². The third kappa shape index (κ3) is 4.42. The summed E-state index contributed by atoms with van der Waals surface area (Å²) in [6.45, 7) is 9.80. The standard InChI is InChI=1S/C21H24O7/c1-7-14(10-26-13(5)23)21(24)28-20-16-8-15(12(4)22)17(25-6)9-18(16)27-19(20)11(2)3/h7-9,19-20H,2,10H2,1,3-6H3/t19-,20+/m1/s1. The van der Waals surface area contributed by atoms with E-state index in [-0.39, 0.29) is 18.0 Å². The second-order valence-corrected chi connectivity index (χ2v) is 6.45. The Morgan fingerprint density at radius 2 is 1.89 bits per heavy atom. The van der Waals surface area contributed by atoms with Gasteiger partial charge in [-0.25, -0.2) is 4.79 Å². The fourth-order valence-electron chi connectivity index (χ4n) is 2.82. The summed E-state index contributed by atoms with van der Waals surface area (Å²) in [5.41, 5.74) is 1.76. The van der Waals surface area contributed by atoms with Gasteiger partial charge in [-0.15, -0.1) is 0 Å². The second kappa shape index (κ2) is 8.73. The number of methoxy groups -OCH3 is 1. The van der Waals surface area contributed by atoms with Crippen LogP contribution >= 0.6 is 0 Å². The highest BCUT2D eigenvalue weighted by molar-refractivity contribution is 5.97. The van der Waals surface area contributed by atoms with Gasteiger partial charge in [-0.1, -0.05) is 12.7 Å². The van der Waals surface area contributed by atoms with Crippen molar-refractivity contribution in [1.29, 1.82) is 0 Å². The number of hydrogen-bond donors (Lipinski definition) is 0. The molecular weight excluding hydrogens is 364 g/mol. The van der Waals surface area contributed by atoms with Crippen molar-refractivity contribution in [2.75, 3.05) is 13.7 Å². The zero-order valence-electron chi connectivity index (χ0n) is 16.7. The number of rotatable bonds is 7. The molecule has 150 valence electrons. The highest BCUT2D eigenvalue weighted by atomic mass is 16.6. The van der Waals surface area contributed by atoms with Gasteiger partial charge in [0.1, 0.15) is 18.1 Å². The van der Waals surface area contributed by atoms with Crippen molar-refractivity contribution in [3.05, 3.63) is 47.1 Å². The minimum Gasteiger partial charge on any atom is -0.496 e. The lowest BCUT2D eigenvalue weighted by Gasteiger charge is -2.20. The molecular formula is C21H24O7. The highest BCUT2D eigenvalue weighted by Crippen LogP contribution is 2.44. The maximum Gasteiger partial charge on any atom is 0.337 e. The van der Waals surface area contributed by atoms with Gasteiger partial charge in [0.25, 0.3) is 0 Å². The molecule has 0 fully saturated rings. The Labute approximate surface area is 163 Å². The summed E-state index contributed by atoms with van der Waals surface area (Å²) in [5.74, 6) is -0.499. The third-order valence-electron chi connectivity index (χ3n) is 4.31. The number of carbonyl (C=O) groups is 3. The average Bonchev–Trinajstić information content (AvgIpc) is 2.98. The lowest BCUT2D eigenvalue weighted by molar-refractivity contribution is -0.148. The Balaban J connectivity index is 2.38. The number of Topliss-reactive ketones (excluding diaryl/α,β-unsaturated/α-hetero) is 1. The first kappa shape index (κ1) is 21.2. The SMILES string of the molecule is C=C(C)[C@H]1Oc2cc(OC)c(C(C)=O)cc2[C@@H]1OC(=O)C(=CC)COC(C)=O. The molecule has 0 radical (unpaired) electrons. The Hall–Kier alpha value is -3.09. The number of esters is 2. The van der Waals surface area contributed by atoms with Crippen molar-refractivity contribution in [2.45, 2.75) is 39.9 Å². The van der Waals surface area contributed by atoms with Crippen molar-refractivity contribution >= 4 is 17.7 Å². The van der Waals surface area contributed by atoms with Crippen LogP contribution in [0.2, 0.25) is 0 Å².